The Morgan fingerprint density at radius 3 is 2.44 bits per heavy atom. The van der Waals surface area contributed by atoms with Crippen LogP contribution in [0.25, 0.3) is 0 Å². The molecule has 1 saturated heterocycles. The number of hydrogen-bond donors (Lipinski definition) is 2. The van der Waals surface area contributed by atoms with Crippen LogP contribution >= 0.6 is 0 Å². The molecule has 0 saturated carbocycles. The van der Waals surface area contributed by atoms with Crippen molar-refractivity contribution in [2.75, 3.05) is 13.1 Å². The zero-order chi connectivity index (χ0) is 19.5. The van der Waals surface area contributed by atoms with E-state index in [2.05, 4.69) is 4.98 Å². The summed E-state index contributed by atoms with van der Waals surface area (Å²) < 4.78 is 1.88. The van der Waals surface area contributed by atoms with Crippen LogP contribution < -0.4 is 0 Å². The summed E-state index contributed by atoms with van der Waals surface area (Å²) in [6, 6.07) is 7.62. The van der Waals surface area contributed by atoms with Crippen molar-refractivity contribution in [2.24, 2.45) is 0 Å². The molecule has 2 heterocycles. The molecule has 0 aliphatic carbocycles. The van der Waals surface area contributed by atoms with Crippen molar-refractivity contribution in [3.63, 3.8) is 0 Å². The van der Waals surface area contributed by atoms with E-state index in [4.69, 9.17) is 0 Å². The lowest BCUT2D eigenvalue weighted by Crippen LogP contribution is -2.48. The molecule has 146 valence electrons. The molecular weight excluding hydrogens is 342 g/mol. The minimum absolute atomic E-state index is 0.00807. The number of aryl methyl sites for hydroxylation is 1. The highest BCUT2D eigenvalue weighted by Crippen LogP contribution is 2.25. The van der Waals surface area contributed by atoms with Crippen LogP contribution in [0, 0.1) is 0 Å². The molecule has 1 aromatic heterocycles. The zero-order valence-electron chi connectivity index (χ0n) is 16.1. The Morgan fingerprint density at radius 2 is 1.89 bits per heavy atom. The van der Waals surface area contributed by atoms with Crippen molar-refractivity contribution in [3.05, 3.63) is 54.1 Å². The van der Waals surface area contributed by atoms with Crippen LogP contribution in [-0.2, 0) is 13.0 Å². The van der Waals surface area contributed by atoms with Gasteiger partial charge in [0.2, 0.25) is 0 Å². The molecule has 2 aromatic rings. The Morgan fingerprint density at radius 1 is 1.22 bits per heavy atom. The first-order valence-electron chi connectivity index (χ1n) is 9.53. The van der Waals surface area contributed by atoms with Gasteiger partial charge in [0.15, 0.2) is 0 Å². The third-order valence-electron chi connectivity index (χ3n) is 5.24. The maximum atomic E-state index is 12.7. The van der Waals surface area contributed by atoms with Crippen LogP contribution in [-0.4, -0.2) is 54.9 Å². The summed E-state index contributed by atoms with van der Waals surface area (Å²) in [6.45, 7) is 5.20. The Labute approximate surface area is 160 Å². The highest BCUT2D eigenvalue weighted by molar-refractivity contribution is 5.94. The first-order chi connectivity index (χ1) is 12.7. The van der Waals surface area contributed by atoms with Crippen LogP contribution in [0.5, 0.6) is 0 Å². The maximum Gasteiger partial charge on any atom is 0.253 e. The van der Waals surface area contributed by atoms with Gasteiger partial charge >= 0.3 is 0 Å². The third kappa shape index (κ3) is 5.40. The third-order valence-corrected chi connectivity index (χ3v) is 5.24. The highest BCUT2D eigenvalue weighted by atomic mass is 16.3. The molecule has 2 N–H and O–H groups in total. The second-order valence-electron chi connectivity index (χ2n) is 8.26. The first kappa shape index (κ1) is 19.6. The van der Waals surface area contributed by atoms with Gasteiger partial charge in [-0.05, 0) is 57.2 Å². The summed E-state index contributed by atoms with van der Waals surface area (Å²) in [7, 11) is 0. The summed E-state index contributed by atoms with van der Waals surface area (Å²) in [5.74, 6) is 0.00807. The normalized spacial score (nSPS) is 17.1. The summed E-state index contributed by atoms with van der Waals surface area (Å²) in [6.07, 6.45) is 7.82. The molecule has 1 aliphatic rings. The number of carbonyl (C=O) groups excluding carboxylic acids is 1. The summed E-state index contributed by atoms with van der Waals surface area (Å²) in [4.78, 5) is 18.6. The molecule has 1 fully saturated rings. The fourth-order valence-corrected chi connectivity index (χ4v) is 3.45. The number of imidazole rings is 1. The molecule has 6 nitrogen and oxygen atoms in total. The Hall–Kier alpha value is -2.18. The van der Waals surface area contributed by atoms with E-state index >= 15 is 0 Å². The van der Waals surface area contributed by atoms with Crippen LogP contribution in [0.4, 0.5) is 0 Å². The lowest BCUT2D eigenvalue weighted by Gasteiger charge is -2.38. The largest absolute Gasteiger partial charge is 0.390 e. The van der Waals surface area contributed by atoms with E-state index in [0.29, 0.717) is 44.5 Å². The number of aliphatic hydroxyl groups is 2. The maximum absolute atomic E-state index is 12.7. The average molecular weight is 371 g/mol. The van der Waals surface area contributed by atoms with E-state index in [-0.39, 0.29) is 5.91 Å². The van der Waals surface area contributed by atoms with Crippen molar-refractivity contribution >= 4 is 5.91 Å². The predicted molar refractivity (Wildman–Crippen MR) is 103 cm³/mol. The lowest BCUT2D eigenvalue weighted by molar-refractivity contribution is -0.0292. The molecule has 1 aromatic carbocycles. The molecule has 1 amide bonds. The molecule has 27 heavy (non-hydrogen) atoms. The van der Waals surface area contributed by atoms with Gasteiger partial charge in [-0.2, -0.15) is 0 Å². The number of hydrogen-bond acceptors (Lipinski definition) is 4. The molecule has 6 heteroatoms. The van der Waals surface area contributed by atoms with Gasteiger partial charge in [-0.15, -0.1) is 0 Å². The quantitative estimate of drug-likeness (QED) is 0.816. The van der Waals surface area contributed by atoms with E-state index in [9.17, 15) is 15.0 Å². The summed E-state index contributed by atoms with van der Waals surface area (Å²) in [5.41, 5.74) is 0.304. The zero-order valence-corrected chi connectivity index (χ0v) is 16.1. The fourth-order valence-electron chi connectivity index (χ4n) is 3.45. The van der Waals surface area contributed by atoms with E-state index in [1.54, 1.807) is 26.4 Å². The predicted octanol–water partition coefficient (Wildman–Crippen LogP) is 2.25. The van der Waals surface area contributed by atoms with E-state index in [1.165, 1.54) is 0 Å². The number of likely N-dealkylation sites (tertiary alicyclic amines) is 1. The van der Waals surface area contributed by atoms with E-state index in [0.717, 1.165) is 12.0 Å². The molecule has 0 spiro atoms. The smallest absolute Gasteiger partial charge is 0.253 e. The first-order valence-corrected chi connectivity index (χ1v) is 9.53. The molecule has 3 rings (SSSR count). The van der Waals surface area contributed by atoms with Crippen LogP contribution in [0.1, 0.15) is 49.0 Å². The minimum Gasteiger partial charge on any atom is -0.390 e. The number of piperidine rings is 1. The second kappa shape index (κ2) is 7.82. The topological polar surface area (TPSA) is 78.6 Å². The number of amides is 1. The van der Waals surface area contributed by atoms with E-state index < -0.39 is 11.2 Å². The SMILES string of the molecule is CC(C)(O)CCc1ccc(C(=O)N2CCC(O)(Cn3ccnc3)CC2)cc1. The number of aromatic nitrogens is 2. The Bertz CT molecular complexity index is 740. The number of nitrogens with zero attached hydrogens (tertiary/aromatic N) is 3. The van der Waals surface area contributed by atoms with Gasteiger partial charge in [-0.25, -0.2) is 4.98 Å². The van der Waals surface area contributed by atoms with Gasteiger partial charge in [0, 0.05) is 31.0 Å². The van der Waals surface area contributed by atoms with Gasteiger partial charge < -0.3 is 19.7 Å². The number of benzene rings is 1. The van der Waals surface area contributed by atoms with Crippen molar-refractivity contribution < 1.29 is 15.0 Å². The van der Waals surface area contributed by atoms with Crippen molar-refractivity contribution in [3.8, 4) is 0 Å². The Kier molecular flexibility index (Phi) is 5.67. The van der Waals surface area contributed by atoms with Crippen LogP contribution in [0.3, 0.4) is 0 Å². The molecule has 0 atom stereocenters. The Balaban J connectivity index is 1.54. The van der Waals surface area contributed by atoms with Gasteiger partial charge in [-0.3, -0.25) is 4.79 Å². The van der Waals surface area contributed by atoms with Crippen LogP contribution in [0.2, 0.25) is 0 Å². The van der Waals surface area contributed by atoms with Gasteiger partial charge in [0.05, 0.1) is 24.1 Å². The van der Waals surface area contributed by atoms with E-state index in [1.807, 2.05) is 39.9 Å². The monoisotopic (exact) mass is 371 g/mol. The summed E-state index contributed by atoms with van der Waals surface area (Å²) >= 11 is 0. The number of carbonyl (C=O) groups is 1. The fraction of sp³-hybridized carbons (Fsp3) is 0.524. The van der Waals surface area contributed by atoms with Gasteiger partial charge in [0.1, 0.15) is 0 Å². The summed E-state index contributed by atoms with van der Waals surface area (Å²) in [5, 5.41) is 20.6. The standard InChI is InChI=1S/C21H29N3O3/c1-20(2,26)8-7-17-3-5-18(6-4-17)19(25)24-12-9-21(27,10-13-24)15-23-14-11-22-16-23/h3-6,11,14,16,26-27H,7-10,12-13,15H2,1-2H3. The van der Waals surface area contributed by atoms with Crippen molar-refractivity contribution in [2.45, 2.75) is 57.3 Å². The second-order valence-corrected chi connectivity index (χ2v) is 8.26. The highest BCUT2D eigenvalue weighted by Gasteiger charge is 2.34. The molecule has 0 bridgehead atoms. The molecular formula is C21H29N3O3. The molecule has 1 aliphatic heterocycles. The van der Waals surface area contributed by atoms with Gasteiger partial charge in [-0.1, -0.05) is 12.1 Å². The molecule has 0 unspecified atom stereocenters. The van der Waals surface area contributed by atoms with Crippen molar-refractivity contribution in [1.82, 2.24) is 14.5 Å². The lowest BCUT2D eigenvalue weighted by atomic mass is 9.91. The average Bonchev–Trinajstić information content (AvgIpc) is 3.12. The van der Waals surface area contributed by atoms with Gasteiger partial charge in [0.25, 0.3) is 5.91 Å². The minimum atomic E-state index is -0.793. The molecule has 0 radical (unpaired) electrons. The van der Waals surface area contributed by atoms with Crippen LogP contribution in [0.15, 0.2) is 43.0 Å². The van der Waals surface area contributed by atoms with Crippen molar-refractivity contribution in [1.29, 1.82) is 0 Å². The number of rotatable bonds is 6.